The topological polar surface area (TPSA) is 16.4 Å². The minimum atomic E-state index is 0.876. The van der Waals surface area contributed by atoms with Crippen LogP contribution in [0.4, 0.5) is 17.1 Å². The fourth-order valence-electron chi connectivity index (χ4n) is 7.17. The molecule has 8 aromatic carbocycles. The minimum absolute atomic E-state index is 0.876. The van der Waals surface area contributed by atoms with Gasteiger partial charge in [0.25, 0.3) is 0 Å². The van der Waals surface area contributed by atoms with Crippen molar-refractivity contribution in [3.05, 3.63) is 200 Å². The number of fused-ring (bicyclic) bond motifs is 3. The maximum Gasteiger partial charge on any atom is 0.135 e. The van der Waals surface area contributed by atoms with E-state index in [2.05, 4.69) is 193 Å². The Labute approximate surface area is 292 Å². The van der Waals surface area contributed by atoms with Crippen molar-refractivity contribution in [2.24, 2.45) is 0 Å². The molecule has 9 rings (SSSR count). The lowest BCUT2D eigenvalue weighted by atomic mass is 9.87. The molecule has 9 aromatic rings. The molecule has 0 N–H and O–H groups in total. The first-order chi connectivity index (χ1) is 24.8. The highest BCUT2D eigenvalue weighted by molar-refractivity contribution is 6.07. The summed E-state index contributed by atoms with van der Waals surface area (Å²) >= 11 is 0. The van der Waals surface area contributed by atoms with E-state index in [1.807, 2.05) is 12.1 Å². The van der Waals surface area contributed by atoms with Crippen molar-refractivity contribution in [1.29, 1.82) is 0 Å². The number of rotatable bonds is 7. The molecule has 2 heteroatoms. The number of para-hydroxylation sites is 1. The summed E-state index contributed by atoms with van der Waals surface area (Å²) in [6.07, 6.45) is 0. The predicted octanol–water partition coefficient (Wildman–Crippen LogP) is 13.7. The molecule has 0 amide bonds. The summed E-state index contributed by atoms with van der Waals surface area (Å²) in [5, 5.41) is 2.20. The Kier molecular flexibility index (Phi) is 7.53. The van der Waals surface area contributed by atoms with Crippen molar-refractivity contribution < 1.29 is 4.42 Å². The second kappa shape index (κ2) is 12.8. The highest BCUT2D eigenvalue weighted by Crippen LogP contribution is 2.49. The Balaban J connectivity index is 1.36. The van der Waals surface area contributed by atoms with Crippen LogP contribution in [-0.4, -0.2) is 0 Å². The van der Waals surface area contributed by atoms with E-state index in [1.54, 1.807) is 0 Å². The van der Waals surface area contributed by atoms with Crippen LogP contribution in [0, 0.1) is 0 Å². The van der Waals surface area contributed by atoms with E-state index in [0.29, 0.717) is 0 Å². The van der Waals surface area contributed by atoms with Gasteiger partial charge in [0, 0.05) is 27.7 Å². The normalized spacial score (nSPS) is 11.2. The van der Waals surface area contributed by atoms with E-state index < -0.39 is 0 Å². The van der Waals surface area contributed by atoms with Crippen LogP contribution < -0.4 is 4.90 Å². The third kappa shape index (κ3) is 5.34. The molecule has 0 aliphatic carbocycles. The van der Waals surface area contributed by atoms with Crippen LogP contribution >= 0.6 is 0 Å². The molecule has 0 atom stereocenters. The standard InChI is InChI=1S/C48H33NO/c1-4-16-34(17-5-1)37-22-14-23-38(32-37)49(39-30-31-47-44(33-39)42-25-12-13-29-46(42)50-47)45-28-15-27-41(36-20-8-3-9-21-36)48(45)43-26-11-10-24-40(43)35-18-6-2-7-19-35/h1-33H. The van der Waals surface area contributed by atoms with Crippen LogP contribution in [0.15, 0.2) is 205 Å². The maximum atomic E-state index is 6.29. The Morgan fingerprint density at radius 2 is 0.860 bits per heavy atom. The third-order valence-corrected chi connectivity index (χ3v) is 9.48. The van der Waals surface area contributed by atoms with Crippen molar-refractivity contribution in [3.63, 3.8) is 0 Å². The summed E-state index contributed by atoms with van der Waals surface area (Å²) in [6, 6.07) is 71.2. The van der Waals surface area contributed by atoms with Gasteiger partial charge in [-0.2, -0.15) is 0 Å². The van der Waals surface area contributed by atoms with E-state index in [9.17, 15) is 0 Å². The van der Waals surface area contributed by atoms with Crippen molar-refractivity contribution in [2.45, 2.75) is 0 Å². The molecular formula is C48H33NO. The number of hydrogen-bond donors (Lipinski definition) is 0. The Morgan fingerprint density at radius 3 is 1.62 bits per heavy atom. The zero-order valence-electron chi connectivity index (χ0n) is 27.4. The molecule has 0 fully saturated rings. The highest BCUT2D eigenvalue weighted by atomic mass is 16.3. The fraction of sp³-hybridized carbons (Fsp3) is 0. The van der Waals surface area contributed by atoms with Crippen molar-refractivity contribution in [1.82, 2.24) is 0 Å². The van der Waals surface area contributed by atoms with E-state index >= 15 is 0 Å². The number of nitrogens with zero attached hydrogens (tertiary/aromatic N) is 1. The molecule has 0 saturated heterocycles. The number of hydrogen-bond acceptors (Lipinski definition) is 2. The molecule has 0 aliphatic rings. The lowest BCUT2D eigenvalue weighted by Gasteiger charge is -2.30. The largest absolute Gasteiger partial charge is 0.456 e. The third-order valence-electron chi connectivity index (χ3n) is 9.48. The minimum Gasteiger partial charge on any atom is -0.456 e. The Bertz CT molecular complexity index is 2590. The second-order valence-corrected chi connectivity index (χ2v) is 12.5. The van der Waals surface area contributed by atoms with E-state index in [-0.39, 0.29) is 0 Å². The first-order valence-electron chi connectivity index (χ1n) is 17.0. The van der Waals surface area contributed by atoms with Gasteiger partial charge in [0.2, 0.25) is 0 Å². The molecule has 0 spiro atoms. The van der Waals surface area contributed by atoms with Gasteiger partial charge in [0.1, 0.15) is 11.2 Å². The maximum absolute atomic E-state index is 6.29. The molecule has 236 valence electrons. The summed E-state index contributed by atoms with van der Waals surface area (Å²) in [4.78, 5) is 2.41. The van der Waals surface area contributed by atoms with Crippen molar-refractivity contribution in [2.75, 3.05) is 4.90 Å². The highest BCUT2D eigenvalue weighted by Gasteiger charge is 2.23. The first kappa shape index (κ1) is 29.5. The van der Waals surface area contributed by atoms with Crippen LogP contribution in [-0.2, 0) is 0 Å². The van der Waals surface area contributed by atoms with Gasteiger partial charge in [0.15, 0.2) is 0 Å². The monoisotopic (exact) mass is 639 g/mol. The van der Waals surface area contributed by atoms with E-state index in [4.69, 9.17) is 4.42 Å². The molecule has 1 aromatic heterocycles. The average Bonchev–Trinajstić information content (AvgIpc) is 3.57. The van der Waals surface area contributed by atoms with E-state index in [1.165, 1.54) is 38.9 Å². The summed E-state index contributed by atoms with van der Waals surface area (Å²) in [6.45, 7) is 0. The van der Waals surface area contributed by atoms with Gasteiger partial charge in [-0.25, -0.2) is 0 Å². The molecule has 50 heavy (non-hydrogen) atoms. The molecule has 0 aliphatic heterocycles. The summed E-state index contributed by atoms with van der Waals surface area (Å²) < 4.78 is 6.29. The molecule has 0 unspecified atom stereocenters. The van der Waals surface area contributed by atoms with Gasteiger partial charge in [-0.1, -0.05) is 158 Å². The number of furan rings is 1. The SMILES string of the molecule is c1ccc(-c2cccc(N(c3ccc4oc5ccccc5c4c3)c3cccc(-c4ccccc4)c3-c3ccccc3-c3ccccc3)c2)cc1. The van der Waals surface area contributed by atoms with Crippen LogP contribution in [0.2, 0.25) is 0 Å². The molecule has 0 saturated carbocycles. The van der Waals surface area contributed by atoms with Gasteiger partial charge in [-0.15, -0.1) is 0 Å². The summed E-state index contributed by atoms with van der Waals surface area (Å²) in [5.74, 6) is 0. The first-order valence-corrected chi connectivity index (χ1v) is 17.0. The quantitative estimate of drug-likeness (QED) is 0.173. The summed E-state index contributed by atoms with van der Waals surface area (Å²) in [7, 11) is 0. The van der Waals surface area contributed by atoms with Crippen molar-refractivity contribution in [3.8, 4) is 44.5 Å². The van der Waals surface area contributed by atoms with Gasteiger partial charge in [-0.05, 0) is 81.4 Å². The van der Waals surface area contributed by atoms with Crippen LogP contribution in [0.25, 0.3) is 66.4 Å². The van der Waals surface area contributed by atoms with Crippen molar-refractivity contribution >= 4 is 39.0 Å². The predicted molar refractivity (Wildman–Crippen MR) is 210 cm³/mol. The molecular weight excluding hydrogens is 607 g/mol. The molecule has 0 bridgehead atoms. The zero-order chi connectivity index (χ0) is 33.3. The Morgan fingerprint density at radius 1 is 0.320 bits per heavy atom. The number of benzene rings is 8. The average molecular weight is 640 g/mol. The van der Waals surface area contributed by atoms with Crippen LogP contribution in [0.5, 0.6) is 0 Å². The fourth-order valence-corrected chi connectivity index (χ4v) is 7.17. The van der Waals surface area contributed by atoms with Gasteiger partial charge in [0.05, 0.1) is 5.69 Å². The second-order valence-electron chi connectivity index (χ2n) is 12.5. The van der Waals surface area contributed by atoms with Crippen LogP contribution in [0.1, 0.15) is 0 Å². The summed E-state index contributed by atoms with van der Waals surface area (Å²) in [5.41, 5.74) is 14.4. The molecule has 2 nitrogen and oxygen atoms in total. The smallest absolute Gasteiger partial charge is 0.135 e. The van der Waals surface area contributed by atoms with Gasteiger partial charge >= 0.3 is 0 Å². The molecule has 1 heterocycles. The number of anilines is 3. The lowest BCUT2D eigenvalue weighted by Crippen LogP contribution is -2.12. The Hall–Kier alpha value is -6.64. The van der Waals surface area contributed by atoms with Crippen LogP contribution in [0.3, 0.4) is 0 Å². The van der Waals surface area contributed by atoms with E-state index in [0.717, 1.165) is 44.6 Å². The van der Waals surface area contributed by atoms with Gasteiger partial charge in [-0.3, -0.25) is 0 Å². The lowest BCUT2D eigenvalue weighted by molar-refractivity contribution is 0.669. The van der Waals surface area contributed by atoms with Gasteiger partial charge < -0.3 is 9.32 Å². The zero-order valence-corrected chi connectivity index (χ0v) is 27.4. The molecule has 0 radical (unpaired) electrons.